The Morgan fingerprint density at radius 2 is 2.21 bits per heavy atom. The molecule has 1 aromatic carbocycles. The van der Waals surface area contributed by atoms with Gasteiger partial charge in [-0.2, -0.15) is 0 Å². The quantitative estimate of drug-likeness (QED) is 0.524. The van der Waals surface area contributed by atoms with E-state index in [1.54, 1.807) is 7.11 Å². The molecule has 0 radical (unpaired) electrons. The van der Waals surface area contributed by atoms with Crippen molar-refractivity contribution in [2.24, 2.45) is 10.9 Å². The summed E-state index contributed by atoms with van der Waals surface area (Å²) in [6.07, 6.45) is 1.16. The van der Waals surface area contributed by atoms with Gasteiger partial charge in [0.05, 0.1) is 12.8 Å². The molecule has 0 bridgehead atoms. The van der Waals surface area contributed by atoms with Crippen LogP contribution in [0.5, 0.6) is 5.75 Å². The Bertz CT molecular complexity index is 802. The average molecular weight is 400 g/mol. The monoisotopic (exact) mass is 399 g/mol. The van der Waals surface area contributed by atoms with Crippen molar-refractivity contribution in [3.05, 3.63) is 41.8 Å². The fourth-order valence-electron chi connectivity index (χ4n) is 3.46. The molecule has 3 rings (SSSR count). The number of aromatic nitrogens is 1. The minimum absolute atomic E-state index is 0.359. The van der Waals surface area contributed by atoms with Gasteiger partial charge in [-0.25, -0.2) is 4.99 Å². The molecule has 29 heavy (non-hydrogen) atoms. The molecule has 158 valence electrons. The SMILES string of the molecule is CCNC(=NCc1cc(C(C)C)no1)NCC1CCN(c2cccc(OC)c2)C1. The molecule has 1 aromatic heterocycles. The summed E-state index contributed by atoms with van der Waals surface area (Å²) in [5.74, 6) is 3.44. The zero-order valence-electron chi connectivity index (χ0n) is 17.9. The van der Waals surface area contributed by atoms with Gasteiger partial charge in [0.2, 0.25) is 0 Å². The lowest BCUT2D eigenvalue weighted by Gasteiger charge is -2.20. The van der Waals surface area contributed by atoms with Crippen molar-refractivity contribution in [1.29, 1.82) is 0 Å². The summed E-state index contributed by atoms with van der Waals surface area (Å²) in [7, 11) is 1.71. The Hall–Kier alpha value is -2.70. The minimum atomic E-state index is 0.359. The van der Waals surface area contributed by atoms with Crippen LogP contribution < -0.4 is 20.3 Å². The first-order chi connectivity index (χ1) is 14.1. The van der Waals surface area contributed by atoms with Gasteiger partial charge >= 0.3 is 0 Å². The number of nitrogens with zero attached hydrogens (tertiary/aromatic N) is 3. The zero-order valence-corrected chi connectivity index (χ0v) is 17.9. The van der Waals surface area contributed by atoms with Crippen LogP contribution in [-0.2, 0) is 6.54 Å². The van der Waals surface area contributed by atoms with Gasteiger partial charge in [-0.1, -0.05) is 25.1 Å². The largest absolute Gasteiger partial charge is 0.497 e. The van der Waals surface area contributed by atoms with Crippen molar-refractivity contribution >= 4 is 11.6 Å². The van der Waals surface area contributed by atoms with Crippen LogP contribution in [0.1, 0.15) is 44.6 Å². The van der Waals surface area contributed by atoms with Crippen LogP contribution in [0.2, 0.25) is 0 Å². The number of hydrogen-bond donors (Lipinski definition) is 2. The van der Waals surface area contributed by atoms with Gasteiger partial charge in [-0.3, -0.25) is 0 Å². The predicted molar refractivity (Wildman–Crippen MR) is 117 cm³/mol. The highest BCUT2D eigenvalue weighted by Gasteiger charge is 2.23. The highest BCUT2D eigenvalue weighted by atomic mass is 16.5. The Balaban J connectivity index is 1.52. The standard InChI is InChI=1S/C22H33N5O2/c1-5-23-22(25-14-20-12-21(16(2)3)26-29-20)24-13-17-9-10-27(15-17)18-7-6-8-19(11-18)28-4/h6-8,11-12,16-17H,5,9-10,13-15H2,1-4H3,(H2,23,24,25). The van der Waals surface area contributed by atoms with E-state index < -0.39 is 0 Å². The number of aliphatic imine (C=N–C) groups is 1. The molecule has 2 N–H and O–H groups in total. The first-order valence-corrected chi connectivity index (χ1v) is 10.5. The fourth-order valence-corrected chi connectivity index (χ4v) is 3.46. The van der Waals surface area contributed by atoms with Crippen LogP contribution in [0.4, 0.5) is 5.69 Å². The highest BCUT2D eigenvalue weighted by Crippen LogP contribution is 2.26. The van der Waals surface area contributed by atoms with Crippen LogP contribution in [0.3, 0.4) is 0 Å². The average Bonchev–Trinajstić information content (AvgIpc) is 3.40. The van der Waals surface area contributed by atoms with Gasteiger partial charge in [-0.05, 0) is 37.3 Å². The molecule has 0 spiro atoms. The van der Waals surface area contributed by atoms with Gasteiger partial charge in [0.15, 0.2) is 11.7 Å². The number of methoxy groups -OCH3 is 1. The molecule has 1 aliphatic rings. The van der Waals surface area contributed by atoms with E-state index in [-0.39, 0.29) is 0 Å². The minimum Gasteiger partial charge on any atom is -0.497 e. The van der Waals surface area contributed by atoms with Crippen molar-refractivity contribution in [2.75, 3.05) is 38.2 Å². The lowest BCUT2D eigenvalue weighted by Crippen LogP contribution is -2.40. The second-order valence-corrected chi connectivity index (χ2v) is 7.75. The van der Waals surface area contributed by atoms with Gasteiger partial charge < -0.3 is 24.8 Å². The summed E-state index contributed by atoms with van der Waals surface area (Å²) in [4.78, 5) is 7.07. The van der Waals surface area contributed by atoms with Crippen molar-refractivity contribution in [3.8, 4) is 5.75 Å². The second kappa shape index (κ2) is 10.2. The van der Waals surface area contributed by atoms with Crippen molar-refractivity contribution < 1.29 is 9.26 Å². The van der Waals surface area contributed by atoms with Gasteiger partial charge in [0, 0.05) is 44.0 Å². The van der Waals surface area contributed by atoms with Crippen LogP contribution in [0.15, 0.2) is 39.8 Å². The summed E-state index contributed by atoms with van der Waals surface area (Å²) < 4.78 is 10.7. The molecule has 7 nitrogen and oxygen atoms in total. The van der Waals surface area contributed by atoms with E-state index in [2.05, 4.69) is 58.6 Å². The Labute approximate surface area is 173 Å². The number of anilines is 1. The van der Waals surface area contributed by atoms with Crippen LogP contribution in [-0.4, -0.2) is 44.4 Å². The number of nitrogens with one attached hydrogen (secondary N) is 2. The summed E-state index contributed by atoms with van der Waals surface area (Å²) in [6.45, 7) is 10.6. The van der Waals surface area contributed by atoms with Gasteiger partial charge in [0.1, 0.15) is 12.3 Å². The topological polar surface area (TPSA) is 74.9 Å². The molecule has 2 aromatic rings. The molecule has 1 atom stereocenters. The smallest absolute Gasteiger partial charge is 0.191 e. The summed E-state index contributed by atoms with van der Waals surface area (Å²) >= 11 is 0. The van der Waals surface area contributed by atoms with E-state index in [0.29, 0.717) is 18.4 Å². The molecular weight excluding hydrogens is 366 g/mol. The van der Waals surface area contributed by atoms with Crippen molar-refractivity contribution in [1.82, 2.24) is 15.8 Å². The van der Waals surface area contributed by atoms with E-state index in [1.807, 2.05) is 18.2 Å². The first-order valence-electron chi connectivity index (χ1n) is 10.5. The lowest BCUT2D eigenvalue weighted by atomic mass is 10.1. The maximum Gasteiger partial charge on any atom is 0.191 e. The van der Waals surface area contributed by atoms with E-state index in [1.165, 1.54) is 5.69 Å². The molecule has 1 unspecified atom stereocenters. The summed E-state index contributed by atoms with van der Waals surface area (Å²) in [6, 6.07) is 10.3. The van der Waals surface area contributed by atoms with E-state index in [9.17, 15) is 0 Å². The maximum atomic E-state index is 5.38. The molecule has 1 saturated heterocycles. The molecule has 1 fully saturated rings. The third-order valence-electron chi connectivity index (χ3n) is 5.17. The number of guanidine groups is 1. The van der Waals surface area contributed by atoms with Gasteiger partial charge in [0.25, 0.3) is 0 Å². The molecule has 1 aliphatic heterocycles. The molecular formula is C22H33N5O2. The van der Waals surface area contributed by atoms with Crippen molar-refractivity contribution in [2.45, 2.75) is 39.7 Å². The normalized spacial score (nSPS) is 17.1. The molecule has 0 saturated carbocycles. The van der Waals surface area contributed by atoms with Gasteiger partial charge in [-0.15, -0.1) is 0 Å². The number of rotatable bonds is 8. The van der Waals surface area contributed by atoms with E-state index in [4.69, 9.17) is 9.26 Å². The highest BCUT2D eigenvalue weighted by molar-refractivity contribution is 5.79. The zero-order chi connectivity index (χ0) is 20.6. The Kier molecular flexibility index (Phi) is 7.38. The molecule has 0 aliphatic carbocycles. The Morgan fingerprint density at radius 1 is 1.34 bits per heavy atom. The number of ether oxygens (including phenoxy) is 1. The van der Waals surface area contributed by atoms with E-state index >= 15 is 0 Å². The number of hydrogen-bond acceptors (Lipinski definition) is 5. The van der Waals surface area contributed by atoms with Crippen LogP contribution in [0, 0.1) is 5.92 Å². The fraction of sp³-hybridized carbons (Fsp3) is 0.545. The predicted octanol–water partition coefficient (Wildman–Crippen LogP) is 3.39. The molecule has 0 amide bonds. The third-order valence-corrected chi connectivity index (χ3v) is 5.17. The molecule has 7 heteroatoms. The number of benzene rings is 1. The molecule has 2 heterocycles. The Morgan fingerprint density at radius 3 is 2.93 bits per heavy atom. The summed E-state index contributed by atoms with van der Waals surface area (Å²) in [5.41, 5.74) is 2.19. The lowest BCUT2D eigenvalue weighted by molar-refractivity contribution is 0.376. The summed E-state index contributed by atoms with van der Waals surface area (Å²) in [5, 5.41) is 10.9. The van der Waals surface area contributed by atoms with Crippen LogP contribution in [0.25, 0.3) is 0 Å². The third kappa shape index (κ3) is 5.89. The van der Waals surface area contributed by atoms with E-state index in [0.717, 1.165) is 55.8 Å². The second-order valence-electron chi connectivity index (χ2n) is 7.75. The first kappa shape index (κ1) is 21.0. The van der Waals surface area contributed by atoms with Crippen LogP contribution >= 0.6 is 0 Å². The van der Waals surface area contributed by atoms with Crippen molar-refractivity contribution in [3.63, 3.8) is 0 Å². The maximum absolute atomic E-state index is 5.38.